The fourth-order valence-corrected chi connectivity index (χ4v) is 10.1. The van der Waals surface area contributed by atoms with Crippen molar-refractivity contribution in [1.29, 1.82) is 0 Å². The lowest BCUT2D eigenvalue weighted by atomic mass is 9.44. The summed E-state index contributed by atoms with van der Waals surface area (Å²) in [6.07, 6.45) is -10.2. The fourth-order valence-electron chi connectivity index (χ4n) is 10.1. The minimum atomic E-state index is -2.38. The number of carbonyl (C=O) groups excluding carboxylic acids is 6. The zero-order valence-corrected chi connectivity index (χ0v) is 35.3. The van der Waals surface area contributed by atoms with Crippen molar-refractivity contribution in [1.82, 2.24) is 0 Å². The number of nitrogens with two attached hydrogens (primary N) is 1. The molecule has 62 heavy (non-hydrogen) atoms. The van der Waals surface area contributed by atoms with Crippen LogP contribution in [0.15, 0.2) is 102 Å². The number of ketones is 1. The maximum Gasteiger partial charge on any atom is 0.350 e. The number of aliphatic hydroxyl groups excluding tert-OH is 1. The molecule has 15 heteroatoms. The van der Waals surface area contributed by atoms with Gasteiger partial charge in [0.25, 0.3) is 0 Å². The van der Waals surface area contributed by atoms with Crippen LogP contribution in [0.3, 0.4) is 0 Å². The molecule has 3 aromatic carbocycles. The predicted octanol–water partition coefficient (Wildman–Crippen LogP) is 4.13. The van der Waals surface area contributed by atoms with E-state index in [9.17, 15) is 34.2 Å². The molecule has 1 saturated heterocycles. The molecular weight excluding hydrogens is 803 g/mol. The molecule has 0 amide bonds. The summed E-state index contributed by atoms with van der Waals surface area (Å²) in [6, 6.07) is 23.0. The van der Waals surface area contributed by atoms with Crippen LogP contribution in [0.5, 0.6) is 0 Å². The minimum Gasteiger partial charge on any atom is -0.455 e. The third-order valence-corrected chi connectivity index (χ3v) is 13.4. The van der Waals surface area contributed by atoms with Crippen molar-refractivity contribution in [3.8, 4) is 0 Å². The van der Waals surface area contributed by atoms with Gasteiger partial charge in [-0.15, -0.1) is 0 Å². The number of ether oxygens (including phenoxy) is 6. The monoisotopic (exact) mass is 853 g/mol. The van der Waals surface area contributed by atoms with E-state index in [4.69, 9.17) is 34.2 Å². The number of hydrogen-bond acceptors (Lipinski definition) is 15. The molecule has 0 unspecified atom stereocenters. The molecule has 328 valence electrons. The van der Waals surface area contributed by atoms with Crippen molar-refractivity contribution in [2.75, 3.05) is 6.61 Å². The molecule has 3 aliphatic carbocycles. The number of esters is 5. The van der Waals surface area contributed by atoms with E-state index in [0.717, 1.165) is 13.8 Å². The van der Waals surface area contributed by atoms with Gasteiger partial charge in [-0.2, -0.15) is 0 Å². The second-order valence-corrected chi connectivity index (χ2v) is 17.3. The van der Waals surface area contributed by atoms with Gasteiger partial charge in [0, 0.05) is 32.1 Å². The first kappa shape index (κ1) is 44.3. The van der Waals surface area contributed by atoms with Gasteiger partial charge in [-0.25, -0.2) is 14.4 Å². The zero-order valence-electron chi connectivity index (χ0n) is 35.3. The number of rotatable bonds is 10. The summed E-state index contributed by atoms with van der Waals surface area (Å²) in [5.74, 6) is -6.99. The smallest absolute Gasteiger partial charge is 0.350 e. The normalized spacial score (nSPS) is 31.9. The summed E-state index contributed by atoms with van der Waals surface area (Å²) >= 11 is 0. The molecule has 1 heterocycles. The highest BCUT2D eigenvalue weighted by Crippen LogP contribution is 2.64. The first-order valence-corrected chi connectivity index (χ1v) is 20.4. The van der Waals surface area contributed by atoms with Crippen molar-refractivity contribution in [3.05, 3.63) is 119 Å². The van der Waals surface area contributed by atoms with E-state index in [1.807, 2.05) is 0 Å². The van der Waals surface area contributed by atoms with Crippen LogP contribution < -0.4 is 5.73 Å². The van der Waals surface area contributed by atoms with Crippen molar-refractivity contribution >= 4 is 35.6 Å². The van der Waals surface area contributed by atoms with Crippen LogP contribution >= 0.6 is 0 Å². The molecule has 11 atom stereocenters. The Hall–Kier alpha value is -5.74. The molecular formula is C47H51NO14. The van der Waals surface area contributed by atoms with Crippen LogP contribution in [0.25, 0.3) is 0 Å². The maximum absolute atomic E-state index is 15.5. The quantitative estimate of drug-likeness (QED) is 0.148. The molecule has 4 N–H and O–H groups in total. The average Bonchev–Trinajstić information content (AvgIpc) is 3.24. The van der Waals surface area contributed by atoms with Crippen LogP contribution in [0.4, 0.5) is 0 Å². The van der Waals surface area contributed by atoms with Crippen LogP contribution in [-0.2, 0) is 47.6 Å². The van der Waals surface area contributed by atoms with E-state index in [1.165, 1.54) is 31.2 Å². The van der Waals surface area contributed by atoms with E-state index in [2.05, 4.69) is 0 Å². The van der Waals surface area contributed by atoms with Crippen LogP contribution in [0.2, 0.25) is 0 Å². The lowest BCUT2D eigenvalue weighted by molar-refractivity contribution is -0.346. The van der Waals surface area contributed by atoms with Gasteiger partial charge in [0.15, 0.2) is 17.5 Å². The largest absolute Gasteiger partial charge is 0.455 e. The predicted molar refractivity (Wildman–Crippen MR) is 218 cm³/mol. The van der Waals surface area contributed by atoms with Crippen molar-refractivity contribution in [2.45, 2.75) is 108 Å². The third-order valence-electron chi connectivity index (χ3n) is 13.4. The SMILES string of the molecule is CC(=O)O[C@H]1C(=O)[C@@]2(C)[C@H]([C@H](OC(=O)c3ccccc3)[C@]3(O)C[C@H](OC(=O)[C@H](OC(=O)c4ccccc4)[C@@H](N)c4ccccc4)C(C)=C1C3(C)C)[C@]1(OC(C)=O)CO[C@@H]1C[C@@H]2O. The molecule has 15 nitrogen and oxygen atoms in total. The van der Waals surface area contributed by atoms with E-state index < -0.39 is 113 Å². The Bertz CT molecular complexity index is 2280. The highest BCUT2D eigenvalue weighted by molar-refractivity contribution is 5.96. The summed E-state index contributed by atoms with van der Waals surface area (Å²) in [5, 5.41) is 25.8. The molecule has 1 aliphatic heterocycles. The van der Waals surface area contributed by atoms with Gasteiger partial charge in [-0.1, -0.05) is 80.6 Å². The Labute approximate surface area is 358 Å². The molecule has 0 radical (unpaired) electrons. The van der Waals surface area contributed by atoms with Crippen LogP contribution in [0.1, 0.15) is 86.7 Å². The first-order valence-electron chi connectivity index (χ1n) is 20.4. The molecule has 3 fully saturated rings. The number of benzene rings is 3. The zero-order chi connectivity index (χ0) is 44.9. The lowest BCUT2D eigenvalue weighted by Gasteiger charge is -2.67. The van der Waals surface area contributed by atoms with Crippen LogP contribution in [0, 0.1) is 16.7 Å². The number of fused-ring (bicyclic) bond motifs is 5. The van der Waals surface area contributed by atoms with E-state index in [0.29, 0.717) is 5.56 Å². The van der Waals surface area contributed by atoms with Crippen LogP contribution in [-0.4, -0.2) is 100 Å². The second-order valence-electron chi connectivity index (χ2n) is 17.3. The third kappa shape index (κ3) is 7.29. The molecule has 7 rings (SSSR count). The maximum atomic E-state index is 15.5. The summed E-state index contributed by atoms with van der Waals surface area (Å²) in [4.78, 5) is 84.0. The lowest BCUT2D eigenvalue weighted by Crippen LogP contribution is -2.82. The Morgan fingerprint density at radius 3 is 1.90 bits per heavy atom. The van der Waals surface area contributed by atoms with Gasteiger partial charge in [-0.05, 0) is 54.8 Å². The Kier molecular flexibility index (Phi) is 11.8. The van der Waals surface area contributed by atoms with Gasteiger partial charge in [0.2, 0.25) is 6.10 Å². The van der Waals surface area contributed by atoms with Gasteiger partial charge < -0.3 is 44.4 Å². The van der Waals surface area contributed by atoms with E-state index in [1.54, 1.807) is 87.5 Å². The number of carbonyl (C=O) groups is 6. The summed E-state index contributed by atoms with van der Waals surface area (Å²) < 4.78 is 36.3. The highest BCUT2D eigenvalue weighted by Gasteiger charge is 2.78. The molecule has 2 bridgehead atoms. The summed E-state index contributed by atoms with van der Waals surface area (Å²) in [7, 11) is 0. The molecule has 2 saturated carbocycles. The van der Waals surface area contributed by atoms with E-state index >= 15 is 4.79 Å². The summed E-state index contributed by atoms with van der Waals surface area (Å²) in [5.41, 5.74) is -0.378. The molecule has 3 aromatic rings. The summed E-state index contributed by atoms with van der Waals surface area (Å²) in [6.45, 7) is 8.04. The molecule has 0 aromatic heterocycles. The van der Waals surface area contributed by atoms with Gasteiger partial charge in [0.1, 0.15) is 23.9 Å². The molecule has 0 spiro atoms. The number of hydrogen-bond donors (Lipinski definition) is 3. The Balaban J connectivity index is 1.42. The fraction of sp³-hybridized carbons (Fsp3) is 0.447. The highest BCUT2D eigenvalue weighted by atomic mass is 16.6. The van der Waals surface area contributed by atoms with Gasteiger partial charge in [0.05, 0.1) is 41.2 Å². The van der Waals surface area contributed by atoms with Crippen molar-refractivity contribution in [3.63, 3.8) is 0 Å². The molecule has 4 aliphatic rings. The first-order chi connectivity index (χ1) is 29.3. The van der Waals surface area contributed by atoms with Crippen molar-refractivity contribution in [2.24, 2.45) is 22.5 Å². The number of Topliss-reactive ketones (excluding diaryl/α,β-unsaturated/α-hetero) is 1. The second kappa shape index (κ2) is 16.5. The minimum absolute atomic E-state index is 0.00981. The van der Waals surface area contributed by atoms with Crippen molar-refractivity contribution < 1.29 is 67.4 Å². The number of aliphatic hydroxyl groups is 2. The standard InChI is InChI=1S/C47H51NO14/c1-25-31(59-43(55)37(35(48)28-16-10-7-11-17-28)60-41(53)29-18-12-8-13-19-29)23-47(56)40(61-42(54)30-20-14-9-15-21-30)38-45(6,32(51)22-33-46(38,24-57-33)62-27(3)50)39(52)36(58-26(2)49)34(25)44(47,4)5/h7-21,31-33,35-38,40,51,56H,22-24,48H2,1-6H3/t31-,32-,33+,35-,36+,37+,38-,40-,45+,46-,47+/m0/s1. The topological polar surface area (TPSA) is 224 Å². The van der Waals surface area contributed by atoms with Gasteiger partial charge in [-0.3, -0.25) is 14.4 Å². The Morgan fingerprint density at radius 2 is 1.37 bits per heavy atom. The van der Waals surface area contributed by atoms with E-state index in [-0.39, 0.29) is 35.3 Å². The van der Waals surface area contributed by atoms with Gasteiger partial charge >= 0.3 is 29.8 Å². The Morgan fingerprint density at radius 1 is 0.806 bits per heavy atom. The average molecular weight is 854 g/mol.